The van der Waals surface area contributed by atoms with Gasteiger partial charge in [0.2, 0.25) is 0 Å². The number of rotatable bonds is 2. The summed E-state index contributed by atoms with van der Waals surface area (Å²) in [5.74, 6) is 0. The fourth-order valence-electron chi connectivity index (χ4n) is 0.711. The van der Waals surface area contributed by atoms with Gasteiger partial charge in [0, 0.05) is 15.5 Å². The number of H-pyrrole nitrogens is 1. The van der Waals surface area contributed by atoms with Gasteiger partial charge in [-0.25, -0.2) is 0 Å². The van der Waals surface area contributed by atoms with Gasteiger partial charge in [-0.2, -0.15) is 0 Å². The summed E-state index contributed by atoms with van der Waals surface area (Å²) < 4.78 is 1.25. The van der Waals surface area contributed by atoms with Crippen LogP contribution < -0.4 is 5.73 Å². The summed E-state index contributed by atoms with van der Waals surface area (Å²) in [5.41, 5.74) is 6.57. The van der Waals surface area contributed by atoms with E-state index in [0.29, 0.717) is 0 Å². The molecule has 0 aliphatic rings. The summed E-state index contributed by atoms with van der Waals surface area (Å²) in [4.78, 5) is 3.12. The van der Waals surface area contributed by atoms with Gasteiger partial charge in [0.05, 0.1) is 0 Å². The van der Waals surface area contributed by atoms with E-state index >= 15 is 0 Å². The SMILES string of the molecule is NCCc1cc(I)c[nH]1. The Morgan fingerprint density at radius 2 is 2.44 bits per heavy atom. The standard InChI is InChI=1S/C6H9IN2/c7-5-3-6(1-2-8)9-4-5/h3-4,9H,1-2,8H2. The van der Waals surface area contributed by atoms with Crippen molar-refractivity contribution >= 4 is 22.6 Å². The molecule has 0 radical (unpaired) electrons. The van der Waals surface area contributed by atoms with Crippen molar-refractivity contribution in [3.05, 3.63) is 21.5 Å². The second kappa shape index (κ2) is 3.22. The molecule has 9 heavy (non-hydrogen) atoms. The van der Waals surface area contributed by atoms with Crippen LogP contribution in [-0.2, 0) is 6.42 Å². The van der Waals surface area contributed by atoms with Gasteiger partial charge >= 0.3 is 0 Å². The molecule has 3 N–H and O–H groups in total. The van der Waals surface area contributed by atoms with Crippen LogP contribution in [0.25, 0.3) is 0 Å². The maximum Gasteiger partial charge on any atom is 0.0307 e. The Labute approximate surface area is 68.0 Å². The number of aromatic amines is 1. The molecular formula is C6H9IN2. The van der Waals surface area contributed by atoms with Crippen molar-refractivity contribution in [1.29, 1.82) is 0 Å². The van der Waals surface area contributed by atoms with Gasteiger partial charge in [-0.3, -0.25) is 0 Å². The minimum atomic E-state index is 0.719. The van der Waals surface area contributed by atoms with Crippen LogP contribution in [-0.4, -0.2) is 11.5 Å². The fourth-order valence-corrected chi connectivity index (χ4v) is 1.24. The monoisotopic (exact) mass is 236 g/mol. The highest BCUT2D eigenvalue weighted by atomic mass is 127. The Kier molecular flexibility index (Phi) is 2.53. The molecule has 0 atom stereocenters. The molecule has 0 saturated carbocycles. The highest BCUT2D eigenvalue weighted by Gasteiger charge is 1.92. The van der Waals surface area contributed by atoms with Crippen LogP contribution in [0, 0.1) is 3.57 Å². The molecule has 1 rings (SSSR count). The zero-order valence-corrected chi connectivity index (χ0v) is 7.18. The van der Waals surface area contributed by atoms with Crippen molar-refractivity contribution in [1.82, 2.24) is 4.98 Å². The van der Waals surface area contributed by atoms with Crippen molar-refractivity contribution in [3.63, 3.8) is 0 Å². The highest BCUT2D eigenvalue weighted by Crippen LogP contribution is 2.05. The normalized spacial score (nSPS) is 10.0. The van der Waals surface area contributed by atoms with E-state index in [0.717, 1.165) is 13.0 Å². The zero-order valence-electron chi connectivity index (χ0n) is 5.02. The summed E-state index contributed by atoms with van der Waals surface area (Å²) in [5, 5.41) is 0. The van der Waals surface area contributed by atoms with E-state index < -0.39 is 0 Å². The largest absolute Gasteiger partial charge is 0.364 e. The third-order valence-electron chi connectivity index (χ3n) is 1.12. The third kappa shape index (κ3) is 1.98. The lowest BCUT2D eigenvalue weighted by Crippen LogP contribution is -2.02. The lowest BCUT2D eigenvalue weighted by atomic mass is 10.3. The molecule has 0 aliphatic carbocycles. The van der Waals surface area contributed by atoms with E-state index in [1.54, 1.807) is 0 Å². The smallest absolute Gasteiger partial charge is 0.0307 e. The number of nitrogens with two attached hydrogens (primary N) is 1. The van der Waals surface area contributed by atoms with Crippen molar-refractivity contribution < 1.29 is 0 Å². The minimum Gasteiger partial charge on any atom is -0.364 e. The molecule has 0 unspecified atom stereocenters. The summed E-state index contributed by atoms with van der Waals surface area (Å²) in [6.07, 6.45) is 2.93. The van der Waals surface area contributed by atoms with E-state index in [4.69, 9.17) is 5.73 Å². The fraction of sp³-hybridized carbons (Fsp3) is 0.333. The van der Waals surface area contributed by atoms with Crippen LogP contribution in [0.3, 0.4) is 0 Å². The average molecular weight is 236 g/mol. The molecule has 0 saturated heterocycles. The molecule has 1 heterocycles. The van der Waals surface area contributed by atoms with Crippen LogP contribution in [0.5, 0.6) is 0 Å². The van der Waals surface area contributed by atoms with Crippen LogP contribution in [0.4, 0.5) is 0 Å². The quantitative estimate of drug-likeness (QED) is 0.742. The van der Waals surface area contributed by atoms with Crippen LogP contribution >= 0.6 is 22.6 Å². The minimum absolute atomic E-state index is 0.719. The molecule has 1 aromatic heterocycles. The molecule has 3 heteroatoms. The van der Waals surface area contributed by atoms with Crippen LogP contribution in [0.2, 0.25) is 0 Å². The van der Waals surface area contributed by atoms with E-state index in [1.807, 2.05) is 6.20 Å². The summed E-state index contributed by atoms with van der Waals surface area (Å²) in [6, 6.07) is 2.10. The van der Waals surface area contributed by atoms with E-state index in [2.05, 4.69) is 33.6 Å². The van der Waals surface area contributed by atoms with Crippen LogP contribution in [0.15, 0.2) is 12.3 Å². The number of nitrogens with one attached hydrogen (secondary N) is 1. The summed E-state index contributed by atoms with van der Waals surface area (Å²) in [7, 11) is 0. The van der Waals surface area contributed by atoms with E-state index in [1.165, 1.54) is 9.26 Å². The second-order valence-electron chi connectivity index (χ2n) is 1.88. The van der Waals surface area contributed by atoms with Gasteiger partial charge in [-0.15, -0.1) is 0 Å². The molecule has 0 aliphatic heterocycles. The van der Waals surface area contributed by atoms with Gasteiger partial charge in [0.25, 0.3) is 0 Å². The first-order valence-electron chi connectivity index (χ1n) is 2.86. The first-order chi connectivity index (χ1) is 4.33. The predicted octanol–water partition coefficient (Wildman–Crippen LogP) is 1.12. The lowest BCUT2D eigenvalue weighted by Gasteiger charge is -1.88. The van der Waals surface area contributed by atoms with Crippen LogP contribution in [0.1, 0.15) is 5.69 Å². The van der Waals surface area contributed by atoms with E-state index in [-0.39, 0.29) is 0 Å². The molecule has 0 spiro atoms. The molecule has 2 nitrogen and oxygen atoms in total. The van der Waals surface area contributed by atoms with Crippen molar-refractivity contribution in [3.8, 4) is 0 Å². The maximum atomic E-state index is 5.35. The molecule has 50 valence electrons. The lowest BCUT2D eigenvalue weighted by molar-refractivity contribution is 0.935. The average Bonchev–Trinajstić information content (AvgIpc) is 2.17. The topological polar surface area (TPSA) is 41.8 Å². The molecular weight excluding hydrogens is 227 g/mol. The van der Waals surface area contributed by atoms with Gasteiger partial charge in [-0.05, 0) is 41.6 Å². The molecule has 0 amide bonds. The molecule has 0 bridgehead atoms. The highest BCUT2D eigenvalue weighted by molar-refractivity contribution is 14.1. The maximum absolute atomic E-state index is 5.35. The van der Waals surface area contributed by atoms with Gasteiger partial charge < -0.3 is 10.7 Å². The molecule has 1 aromatic rings. The van der Waals surface area contributed by atoms with Gasteiger partial charge in [0.15, 0.2) is 0 Å². The summed E-state index contributed by atoms with van der Waals surface area (Å²) >= 11 is 2.27. The number of halogens is 1. The Morgan fingerprint density at radius 1 is 1.67 bits per heavy atom. The Hall–Kier alpha value is -0.0300. The molecule has 0 fully saturated rings. The van der Waals surface area contributed by atoms with E-state index in [9.17, 15) is 0 Å². The first kappa shape index (κ1) is 7.08. The zero-order chi connectivity index (χ0) is 6.69. The number of hydrogen-bond donors (Lipinski definition) is 2. The Morgan fingerprint density at radius 3 is 2.89 bits per heavy atom. The van der Waals surface area contributed by atoms with Crippen molar-refractivity contribution in [2.75, 3.05) is 6.54 Å². The predicted molar refractivity (Wildman–Crippen MR) is 46.3 cm³/mol. The van der Waals surface area contributed by atoms with Crippen molar-refractivity contribution in [2.24, 2.45) is 5.73 Å². The van der Waals surface area contributed by atoms with Crippen molar-refractivity contribution in [2.45, 2.75) is 6.42 Å². The Balaban J connectivity index is 2.61. The summed E-state index contributed by atoms with van der Waals surface area (Å²) in [6.45, 7) is 0.719. The number of hydrogen-bond acceptors (Lipinski definition) is 1. The van der Waals surface area contributed by atoms with Gasteiger partial charge in [0.1, 0.15) is 0 Å². The number of aromatic nitrogens is 1. The molecule has 0 aromatic carbocycles. The third-order valence-corrected chi connectivity index (χ3v) is 1.74. The first-order valence-corrected chi connectivity index (χ1v) is 3.93. The second-order valence-corrected chi connectivity index (χ2v) is 3.13. The van der Waals surface area contributed by atoms with Gasteiger partial charge in [-0.1, -0.05) is 0 Å². The Bertz CT molecular complexity index is 183.